The lowest BCUT2D eigenvalue weighted by Crippen LogP contribution is -2.28. The van der Waals surface area contributed by atoms with Crippen molar-refractivity contribution < 1.29 is 9.90 Å². The molecule has 2 aromatic rings. The van der Waals surface area contributed by atoms with Gasteiger partial charge in [-0.25, -0.2) is 0 Å². The molecule has 0 unspecified atom stereocenters. The van der Waals surface area contributed by atoms with Crippen molar-refractivity contribution in [1.82, 2.24) is 4.57 Å². The molecule has 0 aliphatic carbocycles. The second-order valence-corrected chi connectivity index (χ2v) is 5.78. The topological polar surface area (TPSA) is 83.1 Å². The summed E-state index contributed by atoms with van der Waals surface area (Å²) in [6.07, 6.45) is 0. The van der Waals surface area contributed by atoms with Gasteiger partial charge in [-0.3, -0.25) is 14.2 Å². The lowest BCUT2D eigenvalue weighted by atomic mass is 9.96. The summed E-state index contributed by atoms with van der Waals surface area (Å²) in [6, 6.07) is 8.43. The fourth-order valence-electron chi connectivity index (χ4n) is 2.60. The van der Waals surface area contributed by atoms with Gasteiger partial charge in [0.2, 0.25) is 5.88 Å². The molecule has 0 saturated heterocycles. The molecule has 23 heavy (non-hydrogen) atoms. The van der Waals surface area contributed by atoms with E-state index < -0.39 is 17.2 Å². The first-order valence-corrected chi connectivity index (χ1v) is 7.29. The highest BCUT2D eigenvalue weighted by Gasteiger charge is 2.25. The molecule has 0 amide bonds. The lowest BCUT2D eigenvalue weighted by molar-refractivity contribution is 0.103. The van der Waals surface area contributed by atoms with Crippen molar-refractivity contribution in [2.24, 2.45) is 0 Å². The molecule has 5 heteroatoms. The van der Waals surface area contributed by atoms with E-state index in [-0.39, 0.29) is 22.7 Å². The van der Waals surface area contributed by atoms with E-state index in [0.717, 1.165) is 10.1 Å². The Morgan fingerprint density at radius 2 is 1.96 bits per heavy atom. The van der Waals surface area contributed by atoms with Crippen molar-refractivity contribution in [1.29, 1.82) is 5.26 Å². The van der Waals surface area contributed by atoms with E-state index in [2.05, 4.69) is 0 Å². The van der Waals surface area contributed by atoms with Crippen LogP contribution in [0.1, 0.15) is 52.5 Å². The fraction of sp³-hybridized carbons (Fsp3) is 0.278. The van der Waals surface area contributed by atoms with E-state index in [1.165, 1.54) is 6.92 Å². The van der Waals surface area contributed by atoms with Crippen LogP contribution in [0.5, 0.6) is 5.88 Å². The first-order valence-electron chi connectivity index (χ1n) is 7.29. The SMILES string of the molecule is Cc1cccc(C(=O)c2c(C)c(C#N)c(=O)n(C(C)C)c2O)c1. The minimum Gasteiger partial charge on any atom is -0.494 e. The molecule has 2 rings (SSSR count). The maximum atomic E-state index is 12.8. The number of aromatic hydroxyl groups is 1. The van der Waals surface area contributed by atoms with Crippen molar-refractivity contribution in [2.75, 3.05) is 0 Å². The number of carbonyl (C=O) groups excluding carboxylic acids is 1. The molecule has 0 spiro atoms. The Labute approximate surface area is 134 Å². The minimum absolute atomic E-state index is 0.000417. The Balaban J connectivity index is 2.82. The first-order chi connectivity index (χ1) is 10.8. The molecule has 1 aromatic heterocycles. The van der Waals surface area contributed by atoms with Gasteiger partial charge in [0.1, 0.15) is 11.6 Å². The Bertz CT molecular complexity index is 886. The van der Waals surface area contributed by atoms with Crippen LogP contribution in [0, 0.1) is 25.2 Å². The number of hydrogen-bond acceptors (Lipinski definition) is 4. The van der Waals surface area contributed by atoms with E-state index in [1.807, 2.05) is 19.1 Å². The third kappa shape index (κ3) is 2.76. The molecule has 1 aromatic carbocycles. The zero-order valence-corrected chi connectivity index (χ0v) is 13.5. The van der Waals surface area contributed by atoms with E-state index in [1.54, 1.807) is 32.0 Å². The van der Waals surface area contributed by atoms with Gasteiger partial charge < -0.3 is 5.11 Å². The van der Waals surface area contributed by atoms with Gasteiger partial charge in [-0.15, -0.1) is 0 Å². The van der Waals surface area contributed by atoms with Gasteiger partial charge in [-0.05, 0) is 39.3 Å². The third-order valence-corrected chi connectivity index (χ3v) is 3.77. The zero-order chi connectivity index (χ0) is 17.3. The Morgan fingerprint density at radius 1 is 1.30 bits per heavy atom. The van der Waals surface area contributed by atoms with Crippen LogP contribution in [0.25, 0.3) is 0 Å². The standard InChI is InChI=1S/C18H18N2O3/c1-10(2)20-17(22)14(9-19)12(4)15(18(20)23)16(21)13-7-5-6-11(3)8-13/h5-8,10,23H,1-4H3. The van der Waals surface area contributed by atoms with Crippen LogP contribution in [0.4, 0.5) is 0 Å². The summed E-state index contributed by atoms with van der Waals surface area (Å²) in [5, 5.41) is 19.7. The Morgan fingerprint density at radius 3 is 2.48 bits per heavy atom. The highest BCUT2D eigenvalue weighted by molar-refractivity contribution is 6.11. The molecule has 1 heterocycles. The van der Waals surface area contributed by atoms with Gasteiger partial charge in [-0.2, -0.15) is 5.26 Å². The number of nitrogens with zero attached hydrogens (tertiary/aromatic N) is 2. The van der Waals surface area contributed by atoms with Gasteiger partial charge in [0.05, 0.1) is 5.56 Å². The summed E-state index contributed by atoms with van der Waals surface area (Å²) >= 11 is 0. The van der Waals surface area contributed by atoms with E-state index >= 15 is 0 Å². The predicted molar refractivity (Wildman–Crippen MR) is 86.8 cm³/mol. The molecule has 0 aliphatic rings. The molecule has 0 radical (unpaired) electrons. The van der Waals surface area contributed by atoms with Crippen LogP contribution in [0.3, 0.4) is 0 Å². The summed E-state index contributed by atoms with van der Waals surface area (Å²) in [4.78, 5) is 25.1. The fourth-order valence-corrected chi connectivity index (χ4v) is 2.60. The predicted octanol–water partition coefficient (Wildman–Crippen LogP) is 2.85. The van der Waals surface area contributed by atoms with Gasteiger partial charge in [0, 0.05) is 11.6 Å². The van der Waals surface area contributed by atoms with Gasteiger partial charge in [-0.1, -0.05) is 23.8 Å². The molecule has 0 atom stereocenters. The summed E-state index contributed by atoms with van der Waals surface area (Å²) in [5.74, 6) is -0.803. The van der Waals surface area contributed by atoms with Crippen molar-refractivity contribution in [3.63, 3.8) is 0 Å². The van der Waals surface area contributed by atoms with Crippen molar-refractivity contribution >= 4 is 5.78 Å². The highest BCUT2D eigenvalue weighted by Crippen LogP contribution is 2.27. The van der Waals surface area contributed by atoms with Crippen LogP contribution in [0.15, 0.2) is 29.1 Å². The summed E-state index contributed by atoms with van der Waals surface area (Å²) < 4.78 is 1.08. The van der Waals surface area contributed by atoms with Gasteiger partial charge in [0.25, 0.3) is 5.56 Å². The maximum Gasteiger partial charge on any atom is 0.271 e. The number of aryl methyl sites for hydroxylation is 1. The van der Waals surface area contributed by atoms with Crippen molar-refractivity contribution in [3.05, 3.63) is 62.4 Å². The first kappa shape index (κ1) is 16.5. The Kier molecular flexibility index (Phi) is 4.37. The molecule has 0 fully saturated rings. The van der Waals surface area contributed by atoms with Crippen LogP contribution in [0.2, 0.25) is 0 Å². The summed E-state index contributed by atoms with van der Waals surface area (Å²) in [5.41, 5.74) is 0.816. The average Bonchev–Trinajstić information content (AvgIpc) is 2.47. The number of ketones is 1. The van der Waals surface area contributed by atoms with E-state index in [0.29, 0.717) is 5.56 Å². The second kappa shape index (κ2) is 6.09. The lowest BCUT2D eigenvalue weighted by Gasteiger charge is -2.18. The number of aromatic nitrogens is 1. The van der Waals surface area contributed by atoms with Gasteiger partial charge >= 0.3 is 0 Å². The van der Waals surface area contributed by atoms with Crippen LogP contribution in [-0.2, 0) is 0 Å². The van der Waals surface area contributed by atoms with Crippen LogP contribution < -0.4 is 5.56 Å². The molecular weight excluding hydrogens is 292 g/mol. The Hall–Kier alpha value is -2.87. The number of nitriles is 1. The van der Waals surface area contributed by atoms with E-state index in [4.69, 9.17) is 0 Å². The smallest absolute Gasteiger partial charge is 0.271 e. The highest BCUT2D eigenvalue weighted by atomic mass is 16.3. The van der Waals surface area contributed by atoms with Crippen molar-refractivity contribution in [3.8, 4) is 11.9 Å². The molecule has 0 saturated carbocycles. The van der Waals surface area contributed by atoms with Crippen molar-refractivity contribution in [2.45, 2.75) is 33.7 Å². The van der Waals surface area contributed by atoms with E-state index in [9.17, 15) is 20.0 Å². The minimum atomic E-state index is -0.585. The normalized spacial score (nSPS) is 10.6. The maximum absolute atomic E-state index is 12.8. The third-order valence-electron chi connectivity index (χ3n) is 3.77. The average molecular weight is 310 g/mol. The zero-order valence-electron chi connectivity index (χ0n) is 13.5. The monoisotopic (exact) mass is 310 g/mol. The van der Waals surface area contributed by atoms with Crippen LogP contribution >= 0.6 is 0 Å². The molecule has 5 nitrogen and oxygen atoms in total. The quantitative estimate of drug-likeness (QED) is 0.884. The number of pyridine rings is 1. The molecular formula is C18H18N2O3. The summed E-state index contributed by atoms with van der Waals surface area (Å²) in [6.45, 7) is 6.78. The van der Waals surface area contributed by atoms with Crippen LogP contribution in [-0.4, -0.2) is 15.5 Å². The number of carbonyl (C=O) groups is 1. The number of rotatable bonds is 3. The number of benzene rings is 1. The summed E-state index contributed by atoms with van der Waals surface area (Å²) in [7, 11) is 0. The molecule has 118 valence electrons. The largest absolute Gasteiger partial charge is 0.494 e. The molecule has 0 bridgehead atoms. The van der Waals surface area contributed by atoms with Gasteiger partial charge in [0.15, 0.2) is 5.78 Å². The second-order valence-electron chi connectivity index (χ2n) is 5.78. The molecule has 1 N–H and O–H groups in total. The number of hydrogen-bond donors (Lipinski definition) is 1. The molecule has 0 aliphatic heterocycles.